The molecule has 0 N–H and O–H groups in total. The molecular formula is C60H38N4O2. The summed E-state index contributed by atoms with van der Waals surface area (Å²) in [5, 5.41) is 4.57. The van der Waals surface area contributed by atoms with Gasteiger partial charge in [0.15, 0.2) is 11.6 Å². The number of para-hydroxylation sites is 3. The molecule has 0 radical (unpaired) electrons. The number of rotatable bonds is 9. The average molecular weight is 847 g/mol. The molecule has 0 saturated carbocycles. The Hall–Kier alpha value is -9.00. The maximum absolute atomic E-state index is 13.4. The van der Waals surface area contributed by atoms with Crippen LogP contribution >= 0.6 is 0 Å². The monoisotopic (exact) mass is 846 g/mol. The molecule has 6 heteroatoms. The van der Waals surface area contributed by atoms with Crippen LogP contribution in [0.3, 0.4) is 0 Å². The van der Waals surface area contributed by atoms with Crippen molar-refractivity contribution in [1.29, 1.82) is 0 Å². The summed E-state index contributed by atoms with van der Waals surface area (Å²) in [6.07, 6.45) is 0. The third-order valence-corrected chi connectivity index (χ3v) is 12.6. The summed E-state index contributed by atoms with van der Waals surface area (Å²) < 4.78 is 4.48. The molecule has 0 bridgehead atoms. The van der Waals surface area contributed by atoms with Gasteiger partial charge in [0, 0.05) is 60.6 Å². The van der Waals surface area contributed by atoms with E-state index in [0.717, 1.165) is 55.3 Å². The van der Waals surface area contributed by atoms with Crippen molar-refractivity contribution in [2.24, 2.45) is 0 Å². The molecule has 12 rings (SSSR count). The fourth-order valence-electron chi connectivity index (χ4n) is 9.30. The third-order valence-electron chi connectivity index (χ3n) is 12.6. The minimum absolute atomic E-state index is 0.0418. The fourth-order valence-corrected chi connectivity index (χ4v) is 9.30. The Morgan fingerprint density at radius 3 is 1.15 bits per heavy atom. The van der Waals surface area contributed by atoms with Crippen molar-refractivity contribution in [2.75, 3.05) is 0 Å². The van der Waals surface area contributed by atoms with Gasteiger partial charge in [-0.3, -0.25) is 14.2 Å². The Labute approximate surface area is 380 Å². The van der Waals surface area contributed by atoms with Crippen molar-refractivity contribution in [3.8, 4) is 45.3 Å². The van der Waals surface area contributed by atoms with E-state index in [0.29, 0.717) is 39.6 Å². The van der Waals surface area contributed by atoms with Gasteiger partial charge in [-0.05, 0) is 65.7 Å². The summed E-state index contributed by atoms with van der Waals surface area (Å²) in [6, 6.07) is 76.7. The smallest absolute Gasteiger partial charge is 0.235 e. The number of nitrogens with zero attached hydrogens (tertiary/aromatic N) is 4. The van der Waals surface area contributed by atoms with Crippen molar-refractivity contribution in [3.63, 3.8) is 0 Å². The quantitative estimate of drug-likeness (QED) is 0.136. The van der Waals surface area contributed by atoms with Gasteiger partial charge in [0.25, 0.3) is 0 Å². The van der Waals surface area contributed by atoms with Crippen LogP contribution < -0.4 is 0 Å². The van der Waals surface area contributed by atoms with Crippen LogP contribution in [-0.4, -0.2) is 30.7 Å². The topological polar surface area (TPSA) is 69.8 Å². The molecule has 0 amide bonds. The summed E-state index contributed by atoms with van der Waals surface area (Å²) in [5.41, 5.74) is 13.2. The van der Waals surface area contributed by atoms with Gasteiger partial charge >= 0.3 is 0 Å². The van der Waals surface area contributed by atoms with Gasteiger partial charge in [0.2, 0.25) is 5.95 Å². The second-order valence-electron chi connectivity index (χ2n) is 16.5. The molecule has 6 nitrogen and oxygen atoms in total. The highest BCUT2D eigenvalue weighted by molar-refractivity contribution is 6.13. The van der Waals surface area contributed by atoms with Gasteiger partial charge in [0.1, 0.15) is 0 Å². The number of fused-ring (bicyclic) bond motifs is 6. The van der Waals surface area contributed by atoms with Crippen molar-refractivity contribution in [1.82, 2.24) is 19.1 Å². The van der Waals surface area contributed by atoms with Crippen LogP contribution in [0.25, 0.3) is 88.9 Å². The SMILES string of the molecule is O=C(c1ccccc1)c1ccc(-c2cc(-c3ccc(C(=O)c4ccccc4)cc3)nc(-n3c4ccccc4c4cc(-c5ccc6c(c5)c5ccccc5n6-c5ccccc5)ccc43)n2)cc1. The molecule has 12 aromatic rings. The summed E-state index contributed by atoms with van der Waals surface area (Å²) >= 11 is 0. The number of benzene rings is 9. The second-order valence-corrected chi connectivity index (χ2v) is 16.5. The largest absolute Gasteiger partial charge is 0.309 e. The number of aromatic nitrogens is 4. The Kier molecular flexibility index (Phi) is 9.35. The lowest BCUT2D eigenvalue weighted by atomic mass is 9.99. The Bertz CT molecular complexity index is 3700. The fraction of sp³-hybridized carbons (Fsp3) is 0. The van der Waals surface area contributed by atoms with E-state index in [1.54, 1.807) is 0 Å². The lowest BCUT2D eigenvalue weighted by molar-refractivity contribution is 0.103. The molecule has 0 spiro atoms. The van der Waals surface area contributed by atoms with Crippen LogP contribution in [0.2, 0.25) is 0 Å². The van der Waals surface area contributed by atoms with Gasteiger partial charge in [-0.1, -0.05) is 176 Å². The number of hydrogen-bond donors (Lipinski definition) is 0. The Morgan fingerprint density at radius 1 is 0.303 bits per heavy atom. The third kappa shape index (κ3) is 6.68. The highest BCUT2D eigenvalue weighted by Gasteiger charge is 2.20. The minimum Gasteiger partial charge on any atom is -0.309 e. The molecule has 0 aliphatic heterocycles. The predicted molar refractivity (Wildman–Crippen MR) is 267 cm³/mol. The van der Waals surface area contributed by atoms with E-state index in [4.69, 9.17) is 9.97 Å². The van der Waals surface area contributed by atoms with E-state index in [-0.39, 0.29) is 11.6 Å². The number of hydrogen-bond acceptors (Lipinski definition) is 4. The molecule has 0 aliphatic rings. The maximum Gasteiger partial charge on any atom is 0.235 e. The van der Waals surface area contributed by atoms with E-state index in [9.17, 15) is 9.59 Å². The van der Waals surface area contributed by atoms with E-state index in [2.05, 4.69) is 118 Å². The molecule has 0 atom stereocenters. The van der Waals surface area contributed by atoms with Crippen LogP contribution in [0, 0.1) is 0 Å². The molecule has 310 valence electrons. The van der Waals surface area contributed by atoms with Crippen LogP contribution in [-0.2, 0) is 0 Å². The molecule has 9 aromatic carbocycles. The summed E-state index contributed by atoms with van der Waals surface area (Å²) in [7, 11) is 0. The van der Waals surface area contributed by atoms with Crippen molar-refractivity contribution < 1.29 is 9.59 Å². The van der Waals surface area contributed by atoms with Crippen LogP contribution in [0.4, 0.5) is 0 Å². The standard InChI is InChI=1S/C60H38N4O2/c65-58(41-14-4-1-5-15-41)43-28-24-39(25-29-43)52-38-53(40-26-30-44(31-27-40)59(66)42-16-6-2-7-17-42)62-60(61-52)64-55-23-13-11-21-49(55)51-37-46(33-35-57(51)64)45-32-34-56-50(36-45)48-20-10-12-22-54(48)63(56)47-18-8-3-9-19-47/h1-38H. The van der Waals surface area contributed by atoms with Gasteiger partial charge in [-0.2, -0.15) is 0 Å². The van der Waals surface area contributed by atoms with Gasteiger partial charge in [-0.25, -0.2) is 9.97 Å². The first-order valence-corrected chi connectivity index (χ1v) is 22.0. The maximum atomic E-state index is 13.4. The normalized spacial score (nSPS) is 11.5. The molecule has 0 aliphatic carbocycles. The van der Waals surface area contributed by atoms with E-state index >= 15 is 0 Å². The first-order chi connectivity index (χ1) is 32.6. The second kappa shape index (κ2) is 16.0. The van der Waals surface area contributed by atoms with Crippen molar-refractivity contribution in [2.45, 2.75) is 0 Å². The molecule has 66 heavy (non-hydrogen) atoms. The number of ketones is 2. The zero-order chi connectivity index (χ0) is 44.1. The molecule has 0 unspecified atom stereocenters. The molecule has 0 fully saturated rings. The van der Waals surface area contributed by atoms with Crippen molar-refractivity contribution >= 4 is 55.2 Å². The van der Waals surface area contributed by atoms with E-state index < -0.39 is 0 Å². The zero-order valence-corrected chi connectivity index (χ0v) is 35.5. The summed E-state index contributed by atoms with van der Waals surface area (Å²) in [6.45, 7) is 0. The first-order valence-electron chi connectivity index (χ1n) is 22.0. The first kappa shape index (κ1) is 38.7. The number of carbonyl (C=O) groups excluding carboxylic acids is 2. The average Bonchev–Trinajstić information content (AvgIpc) is 3.91. The van der Waals surface area contributed by atoms with E-state index in [1.807, 2.05) is 121 Å². The summed E-state index contributed by atoms with van der Waals surface area (Å²) in [4.78, 5) is 37.3. The van der Waals surface area contributed by atoms with Crippen molar-refractivity contribution in [3.05, 3.63) is 253 Å². The minimum atomic E-state index is -0.0418. The molecular weight excluding hydrogens is 809 g/mol. The summed E-state index contributed by atoms with van der Waals surface area (Å²) in [5.74, 6) is 0.421. The molecule has 3 aromatic heterocycles. The highest BCUT2D eigenvalue weighted by Crippen LogP contribution is 2.39. The lowest BCUT2D eigenvalue weighted by Gasteiger charge is -2.12. The van der Waals surface area contributed by atoms with Crippen LogP contribution in [0.1, 0.15) is 31.8 Å². The predicted octanol–water partition coefficient (Wildman–Crippen LogP) is 14.1. The van der Waals surface area contributed by atoms with Crippen LogP contribution in [0.15, 0.2) is 231 Å². The Morgan fingerprint density at radius 2 is 0.667 bits per heavy atom. The zero-order valence-electron chi connectivity index (χ0n) is 35.5. The van der Waals surface area contributed by atoms with E-state index in [1.165, 1.54) is 16.3 Å². The Balaban J connectivity index is 0.992. The molecule has 3 heterocycles. The van der Waals surface area contributed by atoms with Gasteiger partial charge < -0.3 is 4.57 Å². The van der Waals surface area contributed by atoms with Gasteiger partial charge in [-0.15, -0.1) is 0 Å². The highest BCUT2D eigenvalue weighted by atomic mass is 16.1. The lowest BCUT2D eigenvalue weighted by Crippen LogP contribution is -2.05. The number of carbonyl (C=O) groups is 2. The van der Waals surface area contributed by atoms with Crippen LogP contribution in [0.5, 0.6) is 0 Å². The van der Waals surface area contributed by atoms with Gasteiger partial charge in [0.05, 0.1) is 33.5 Å². The molecule has 0 saturated heterocycles.